The van der Waals surface area contributed by atoms with E-state index in [2.05, 4.69) is 5.32 Å². The van der Waals surface area contributed by atoms with E-state index in [4.69, 9.17) is 0 Å². The standard InChI is InChI=1S/C17H17FN2OS/c1-12-5-7-15(8-6-12)19-17(21)20-9-10-22-16(20)13-3-2-4-14(18)11-13/h2-8,11,16H,9-10H2,1H3,(H,19,21)/t16-/m0/s1. The van der Waals surface area contributed by atoms with E-state index in [0.717, 1.165) is 22.6 Å². The van der Waals surface area contributed by atoms with Gasteiger partial charge in [0.1, 0.15) is 11.2 Å². The number of amides is 2. The molecular formula is C17H17FN2OS. The summed E-state index contributed by atoms with van der Waals surface area (Å²) in [6.07, 6.45) is 0. The first kappa shape index (κ1) is 14.9. The summed E-state index contributed by atoms with van der Waals surface area (Å²) in [6.45, 7) is 2.66. The van der Waals surface area contributed by atoms with Gasteiger partial charge in [0.2, 0.25) is 0 Å². The lowest BCUT2D eigenvalue weighted by Crippen LogP contribution is -2.34. The first-order valence-corrected chi connectivity index (χ1v) is 8.20. The molecule has 5 heteroatoms. The van der Waals surface area contributed by atoms with Crippen LogP contribution in [-0.2, 0) is 0 Å². The van der Waals surface area contributed by atoms with Crippen molar-refractivity contribution in [3.05, 3.63) is 65.5 Å². The van der Waals surface area contributed by atoms with E-state index in [1.54, 1.807) is 22.7 Å². The second-order valence-electron chi connectivity index (χ2n) is 5.27. The fourth-order valence-corrected chi connectivity index (χ4v) is 3.69. The smallest absolute Gasteiger partial charge is 0.308 e. The monoisotopic (exact) mass is 316 g/mol. The molecule has 22 heavy (non-hydrogen) atoms. The molecule has 0 saturated carbocycles. The zero-order chi connectivity index (χ0) is 15.5. The Morgan fingerprint density at radius 2 is 2.05 bits per heavy atom. The highest BCUT2D eigenvalue weighted by Gasteiger charge is 2.30. The van der Waals surface area contributed by atoms with Crippen molar-refractivity contribution in [2.75, 3.05) is 17.6 Å². The lowest BCUT2D eigenvalue weighted by atomic mass is 10.2. The molecule has 2 aromatic rings. The van der Waals surface area contributed by atoms with Gasteiger partial charge in [0.05, 0.1) is 0 Å². The molecular weight excluding hydrogens is 299 g/mol. The van der Waals surface area contributed by atoms with Crippen LogP contribution in [-0.4, -0.2) is 23.2 Å². The summed E-state index contributed by atoms with van der Waals surface area (Å²) in [4.78, 5) is 14.2. The van der Waals surface area contributed by atoms with Gasteiger partial charge in [-0.05, 0) is 36.8 Å². The van der Waals surface area contributed by atoms with Crippen molar-refractivity contribution in [1.82, 2.24) is 4.90 Å². The highest BCUT2D eigenvalue weighted by atomic mass is 32.2. The maximum atomic E-state index is 13.4. The SMILES string of the molecule is Cc1ccc(NC(=O)N2CCS[C@H]2c2cccc(F)c2)cc1. The number of benzene rings is 2. The van der Waals surface area contributed by atoms with Gasteiger partial charge in [-0.1, -0.05) is 29.8 Å². The van der Waals surface area contributed by atoms with Crippen molar-refractivity contribution < 1.29 is 9.18 Å². The molecule has 1 atom stereocenters. The van der Waals surface area contributed by atoms with Crippen molar-refractivity contribution in [2.45, 2.75) is 12.3 Å². The number of rotatable bonds is 2. The number of hydrogen-bond acceptors (Lipinski definition) is 2. The number of urea groups is 1. The number of thioether (sulfide) groups is 1. The fourth-order valence-electron chi connectivity index (χ4n) is 2.45. The Labute approximate surface area is 133 Å². The van der Waals surface area contributed by atoms with Gasteiger partial charge in [-0.3, -0.25) is 0 Å². The lowest BCUT2D eigenvalue weighted by Gasteiger charge is -2.24. The van der Waals surface area contributed by atoms with Gasteiger partial charge >= 0.3 is 6.03 Å². The molecule has 2 aromatic carbocycles. The van der Waals surface area contributed by atoms with E-state index in [1.807, 2.05) is 37.3 Å². The normalized spacial score (nSPS) is 17.5. The Morgan fingerprint density at radius 3 is 2.77 bits per heavy atom. The van der Waals surface area contributed by atoms with Gasteiger partial charge in [-0.25, -0.2) is 9.18 Å². The minimum Gasteiger partial charge on any atom is -0.308 e. The summed E-state index contributed by atoms with van der Waals surface area (Å²) < 4.78 is 13.4. The minimum atomic E-state index is -0.274. The van der Waals surface area contributed by atoms with Crippen molar-refractivity contribution in [2.24, 2.45) is 0 Å². The van der Waals surface area contributed by atoms with Crippen LogP contribution >= 0.6 is 11.8 Å². The van der Waals surface area contributed by atoms with E-state index < -0.39 is 0 Å². The molecule has 1 saturated heterocycles. The van der Waals surface area contributed by atoms with Crippen LogP contribution in [0, 0.1) is 12.7 Å². The summed E-state index contributed by atoms with van der Waals surface area (Å²) in [5.41, 5.74) is 2.74. The summed E-state index contributed by atoms with van der Waals surface area (Å²) >= 11 is 1.65. The molecule has 0 unspecified atom stereocenters. The van der Waals surface area contributed by atoms with Crippen LogP contribution < -0.4 is 5.32 Å². The number of aryl methyl sites for hydroxylation is 1. The van der Waals surface area contributed by atoms with Crippen LogP contribution in [0.3, 0.4) is 0 Å². The number of halogens is 1. The Kier molecular flexibility index (Phi) is 4.34. The van der Waals surface area contributed by atoms with Crippen LogP contribution in [0.4, 0.5) is 14.9 Å². The number of carbonyl (C=O) groups is 1. The number of anilines is 1. The molecule has 0 radical (unpaired) electrons. The van der Waals surface area contributed by atoms with Crippen molar-refractivity contribution in [3.8, 4) is 0 Å². The van der Waals surface area contributed by atoms with E-state index in [-0.39, 0.29) is 17.2 Å². The Bertz CT molecular complexity index is 675. The first-order chi connectivity index (χ1) is 10.6. The van der Waals surface area contributed by atoms with Gasteiger partial charge in [0.15, 0.2) is 0 Å². The number of carbonyl (C=O) groups excluding carboxylic acids is 1. The van der Waals surface area contributed by atoms with Crippen LogP contribution in [0.25, 0.3) is 0 Å². The molecule has 0 aromatic heterocycles. The van der Waals surface area contributed by atoms with E-state index in [0.29, 0.717) is 6.54 Å². The molecule has 1 N–H and O–H groups in total. The molecule has 3 nitrogen and oxygen atoms in total. The molecule has 1 aliphatic heterocycles. The Hall–Kier alpha value is -2.01. The largest absolute Gasteiger partial charge is 0.323 e. The fraction of sp³-hybridized carbons (Fsp3) is 0.235. The molecule has 0 spiro atoms. The van der Waals surface area contributed by atoms with Crippen LogP contribution in [0.5, 0.6) is 0 Å². The van der Waals surface area contributed by atoms with Gasteiger partial charge in [-0.15, -0.1) is 11.8 Å². The number of nitrogens with zero attached hydrogens (tertiary/aromatic N) is 1. The molecule has 0 aliphatic carbocycles. The van der Waals surface area contributed by atoms with Crippen LogP contribution in [0.15, 0.2) is 48.5 Å². The summed E-state index contributed by atoms with van der Waals surface area (Å²) in [5, 5.41) is 2.77. The second kappa shape index (κ2) is 6.40. The molecule has 3 rings (SSSR count). The molecule has 1 heterocycles. The van der Waals surface area contributed by atoms with Crippen LogP contribution in [0.1, 0.15) is 16.5 Å². The van der Waals surface area contributed by atoms with Crippen molar-refractivity contribution in [3.63, 3.8) is 0 Å². The third-order valence-corrected chi connectivity index (χ3v) is 4.85. The van der Waals surface area contributed by atoms with E-state index >= 15 is 0 Å². The number of hydrogen-bond donors (Lipinski definition) is 1. The highest BCUT2D eigenvalue weighted by molar-refractivity contribution is 7.99. The quantitative estimate of drug-likeness (QED) is 0.890. The number of nitrogens with one attached hydrogen (secondary N) is 1. The average molecular weight is 316 g/mol. The highest BCUT2D eigenvalue weighted by Crippen LogP contribution is 2.38. The Balaban J connectivity index is 1.75. The summed E-state index contributed by atoms with van der Waals surface area (Å²) in [5.74, 6) is 0.576. The zero-order valence-electron chi connectivity index (χ0n) is 12.3. The predicted octanol–water partition coefficient (Wildman–Crippen LogP) is 4.41. The zero-order valence-corrected chi connectivity index (χ0v) is 13.1. The van der Waals surface area contributed by atoms with Gasteiger partial charge in [0.25, 0.3) is 0 Å². The average Bonchev–Trinajstić information content (AvgIpc) is 2.99. The van der Waals surface area contributed by atoms with Crippen molar-refractivity contribution >= 4 is 23.5 Å². The van der Waals surface area contributed by atoms with Crippen molar-refractivity contribution in [1.29, 1.82) is 0 Å². The first-order valence-electron chi connectivity index (χ1n) is 7.15. The van der Waals surface area contributed by atoms with Gasteiger partial charge < -0.3 is 10.2 Å². The van der Waals surface area contributed by atoms with E-state index in [9.17, 15) is 9.18 Å². The summed E-state index contributed by atoms with van der Waals surface area (Å²) in [6, 6.07) is 14.0. The topological polar surface area (TPSA) is 32.3 Å². The second-order valence-corrected chi connectivity index (χ2v) is 6.46. The molecule has 1 aliphatic rings. The molecule has 0 bridgehead atoms. The predicted molar refractivity (Wildman–Crippen MR) is 88.5 cm³/mol. The summed E-state index contributed by atoms with van der Waals surface area (Å²) in [7, 11) is 0. The lowest BCUT2D eigenvalue weighted by molar-refractivity contribution is 0.214. The Morgan fingerprint density at radius 1 is 1.27 bits per heavy atom. The third kappa shape index (κ3) is 3.25. The maximum Gasteiger partial charge on any atom is 0.323 e. The van der Waals surface area contributed by atoms with Gasteiger partial charge in [-0.2, -0.15) is 0 Å². The van der Waals surface area contributed by atoms with Gasteiger partial charge in [0, 0.05) is 18.0 Å². The third-order valence-electron chi connectivity index (χ3n) is 3.59. The van der Waals surface area contributed by atoms with Crippen LogP contribution in [0.2, 0.25) is 0 Å². The van der Waals surface area contributed by atoms with E-state index in [1.165, 1.54) is 12.1 Å². The molecule has 2 amide bonds. The molecule has 1 fully saturated rings. The maximum absolute atomic E-state index is 13.4. The minimum absolute atomic E-state index is 0.138. The molecule has 114 valence electrons.